The minimum absolute atomic E-state index is 0.0151. The maximum absolute atomic E-state index is 13.4. The van der Waals surface area contributed by atoms with Gasteiger partial charge in [0.2, 0.25) is 0 Å². The lowest BCUT2D eigenvalue weighted by atomic mass is 10.3. The molecule has 9 heteroatoms. The summed E-state index contributed by atoms with van der Waals surface area (Å²) in [5, 5.41) is 4.49. The Bertz CT molecular complexity index is 724. The average molecular weight is 325 g/mol. The van der Waals surface area contributed by atoms with Gasteiger partial charge in [-0.3, -0.25) is 0 Å². The first kappa shape index (κ1) is 16.5. The van der Waals surface area contributed by atoms with E-state index in [1.165, 1.54) is 6.20 Å². The van der Waals surface area contributed by atoms with E-state index in [1.54, 1.807) is 25.1 Å². The van der Waals surface area contributed by atoms with Crippen LogP contribution in [-0.2, 0) is 6.54 Å². The lowest BCUT2D eigenvalue weighted by Gasteiger charge is -2.12. The second-order valence-electron chi connectivity index (χ2n) is 4.76. The van der Waals surface area contributed by atoms with Crippen LogP contribution < -0.4 is 15.5 Å². The summed E-state index contributed by atoms with van der Waals surface area (Å²) in [7, 11) is 3.61. The first-order valence-corrected chi connectivity index (χ1v) is 6.56. The van der Waals surface area contributed by atoms with E-state index in [2.05, 4.69) is 20.6 Å². The molecule has 0 unspecified atom stereocenters. The molecule has 0 atom stereocenters. The van der Waals surface area contributed by atoms with E-state index >= 15 is 0 Å². The van der Waals surface area contributed by atoms with Gasteiger partial charge in [0.1, 0.15) is 11.6 Å². The van der Waals surface area contributed by atoms with Gasteiger partial charge in [-0.25, -0.2) is 27.9 Å². The van der Waals surface area contributed by atoms with Crippen molar-refractivity contribution in [3.63, 3.8) is 0 Å². The number of rotatable bonds is 4. The van der Waals surface area contributed by atoms with Gasteiger partial charge in [-0.15, -0.1) is 0 Å². The number of amides is 2. The minimum Gasteiger partial charge on any atom is -0.363 e. The molecule has 0 saturated heterocycles. The molecule has 23 heavy (non-hydrogen) atoms. The highest BCUT2D eigenvalue weighted by Crippen LogP contribution is 2.19. The van der Waals surface area contributed by atoms with E-state index < -0.39 is 29.2 Å². The Morgan fingerprint density at radius 1 is 1.17 bits per heavy atom. The average Bonchev–Trinajstić information content (AvgIpc) is 2.54. The lowest BCUT2D eigenvalue weighted by Crippen LogP contribution is -2.29. The molecule has 122 valence electrons. The topological polar surface area (TPSA) is 70.2 Å². The molecule has 0 spiro atoms. The van der Waals surface area contributed by atoms with Crippen molar-refractivity contribution in [2.45, 2.75) is 6.54 Å². The Balaban J connectivity index is 1.98. The predicted octanol–water partition coefficient (Wildman–Crippen LogP) is 2.28. The minimum atomic E-state index is -1.65. The fourth-order valence-electron chi connectivity index (χ4n) is 1.67. The van der Waals surface area contributed by atoms with Gasteiger partial charge in [-0.05, 0) is 18.2 Å². The van der Waals surface area contributed by atoms with Crippen molar-refractivity contribution in [2.24, 2.45) is 0 Å². The Morgan fingerprint density at radius 3 is 2.61 bits per heavy atom. The second kappa shape index (κ2) is 6.95. The predicted molar refractivity (Wildman–Crippen MR) is 78.5 cm³/mol. The largest absolute Gasteiger partial charge is 0.363 e. The normalized spacial score (nSPS) is 10.3. The molecule has 0 aliphatic rings. The summed E-state index contributed by atoms with van der Waals surface area (Å²) in [5.74, 6) is -3.45. The number of benzene rings is 1. The highest BCUT2D eigenvalue weighted by atomic mass is 19.2. The third-order valence-electron chi connectivity index (χ3n) is 2.84. The standard InChI is InChI=1S/C14H14F3N5O/c1-22(2)11-5-6-18-10(21-11)7-19-14(23)20-9-4-3-8(15)12(16)13(9)17/h3-6H,7H2,1-2H3,(H2,19,20,23). The molecule has 1 aromatic carbocycles. The van der Waals surface area contributed by atoms with Gasteiger partial charge >= 0.3 is 6.03 Å². The van der Waals surface area contributed by atoms with Crippen molar-refractivity contribution in [2.75, 3.05) is 24.3 Å². The number of halogens is 3. The van der Waals surface area contributed by atoms with Crippen LogP contribution in [0, 0.1) is 17.5 Å². The van der Waals surface area contributed by atoms with Gasteiger partial charge < -0.3 is 15.5 Å². The van der Waals surface area contributed by atoms with Crippen molar-refractivity contribution in [3.8, 4) is 0 Å². The number of hydrogen-bond acceptors (Lipinski definition) is 4. The van der Waals surface area contributed by atoms with Crippen LogP contribution in [0.1, 0.15) is 5.82 Å². The van der Waals surface area contributed by atoms with E-state index in [4.69, 9.17) is 0 Å². The summed E-state index contributed by atoms with van der Waals surface area (Å²) in [6.07, 6.45) is 1.53. The maximum Gasteiger partial charge on any atom is 0.319 e. The third-order valence-corrected chi connectivity index (χ3v) is 2.84. The number of urea groups is 1. The molecule has 1 heterocycles. The number of nitrogens with one attached hydrogen (secondary N) is 2. The molecule has 0 radical (unpaired) electrons. The Labute approximate surface area is 130 Å². The Morgan fingerprint density at radius 2 is 1.91 bits per heavy atom. The van der Waals surface area contributed by atoms with Crippen LogP contribution in [0.15, 0.2) is 24.4 Å². The number of hydrogen-bond donors (Lipinski definition) is 2. The molecule has 2 N–H and O–H groups in total. The number of anilines is 2. The number of aromatic nitrogens is 2. The molecule has 0 aliphatic heterocycles. The van der Waals surface area contributed by atoms with Crippen LogP contribution in [0.2, 0.25) is 0 Å². The maximum atomic E-state index is 13.4. The Kier molecular flexibility index (Phi) is 4.99. The van der Waals surface area contributed by atoms with E-state index in [-0.39, 0.29) is 6.54 Å². The number of carbonyl (C=O) groups excluding carboxylic acids is 1. The van der Waals surface area contributed by atoms with Crippen molar-refractivity contribution in [3.05, 3.63) is 47.7 Å². The third kappa shape index (κ3) is 4.09. The van der Waals surface area contributed by atoms with Gasteiger partial charge in [0.25, 0.3) is 0 Å². The van der Waals surface area contributed by atoms with E-state index in [0.29, 0.717) is 11.6 Å². The van der Waals surface area contributed by atoms with Gasteiger partial charge in [0.15, 0.2) is 17.5 Å². The van der Waals surface area contributed by atoms with Crippen LogP contribution >= 0.6 is 0 Å². The summed E-state index contributed by atoms with van der Waals surface area (Å²) >= 11 is 0. The first-order valence-electron chi connectivity index (χ1n) is 6.56. The fraction of sp³-hybridized carbons (Fsp3) is 0.214. The smallest absolute Gasteiger partial charge is 0.319 e. The molecule has 6 nitrogen and oxygen atoms in total. The molecule has 2 aromatic rings. The molecule has 0 aliphatic carbocycles. The molecule has 0 fully saturated rings. The molecular formula is C14H14F3N5O. The molecule has 2 amide bonds. The molecule has 0 bridgehead atoms. The highest BCUT2D eigenvalue weighted by Gasteiger charge is 2.15. The number of nitrogens with zero attached hydrogens (tertiary/aromatic N) is 3. The van der Waals surface area contributed by atoms with Crippen LogP contribution in [0.3, 0.4) is 0 Å². The zero-order valence-corrected chi connectivity index (χ0v) is 12.4. The highest BCUT2D eigenvalue weighted by molar-refractivity contribution is 5.89. The monoisotopic (exact) mass is 325 g/mol. The summed E-state index contributed by atoms with van der Waals surface area (Å²) in [6, 6.07) is 2.54. The zero-order chi connectivity index (χ0) is 17.0. The first-order chi connectivity index (χ1) is 10.9. The molecule has 1 aromatic heterocycles. The lowest BCUT2D eigenvalue weighted by molar-refractivity contribution is 0.251. The molecular weight excluding hydrogens is 311 g/mol. The van der Waals surface area contributed by atoms with E-state index in [9.17, 15) is 18.0 Å². The summed E-state index contributed by atoms with van der Waals surface area (Å²) in [4.78, 5) is 21.6. The molecule has 0 saturated carbocycles. The van der Waals surface area contributed by atoms with Gasteiger partial charge in [0, 0.05) is 20.3 Å². The SMILES string of the molecule is CN(C)c1ccnc(CNC(=O)Nc2ccc(F)c(F)c2F)n1. The second-order valence-corrected chi connectivity index (χ2v) is 4.76. The van der Waals surface area contributed by atoms with Gasteiger partial charge in [0.05, 0.1) is 12.2 Å². The van der Waals surface area contributed by atoms with Gasteiger partial charge in [-0.1, -0.05) is 0 Å². The van der Waals surface area contributed by atoms with Crippen molar-refractivity contribution in [1.29, 1.82) is 0 Å². The fourth-order valence-corrected chi connectivity index (χ4v) is 1.67. The number of carbonyl (C=O) groups is 1. The summed E-state index contributed by atoms with van der Waals surface area (Å²) in [5.41, 5.74) is -0.468. The summed E-state index contributed by atoms with van der Waals surface area (Å²) < 4.78 is 39.3. The van der Waals surface area contributed by atoms with Crippen molar-refractivity contribution >= 4 is 17.5 Å². The van der Waals surface area contributed by atoms with Crippen LogP contribution in [0.25, 0.3) is 0 Å². The Hall–Kier alpha value is -2.84. The van der Waals surface area contributed by atoms with Crippen LogP contribution in [-0.4, -0.2) is 30.1 Å². The zero-order valence-electron chi connectivity index (χ0n) is 12.4. The van der Waals surface area contributed by atoms with Crippen LogP contribution in [0.4, 0.5) is 29.5 Å². The van der Waals surface area contributed by atoms with E-state index in [1.807, 2.05) is 0 Å². The molecule has 2 rings (SSSR count). The van der Waals surface area contributed by atoms with Crippen molar-refractivity contribution in [1.82, 2.24) is 15.3 Å². The summed E-state index contributed by atoms with van der Waals surface area (Å²) in [6.45, 7) is -0.0151. The quantitative estimate of drug-likeness (QED) is 0.846. The van der Waals surface area contributed by atoms with Crippen LogP contribution in [0.5, 0.6) is 0 Å². The van der Waals surface area contributed by atoms with Crippen molar-refractivity contribution < 1.29 is 18.0 Å². The van der Waals surface area contributed by atoms with E-state index in [0.717, 1.165) is 12.1 Å². The van der Waals surface area contributed by atoms with Gasteiger partial charge in [-0.2, -0.15) is 0 Å².